The van der Waals surface area contributed by atoms with E-state index in [1.54, 1.807) is 0 Å². The summed E-state index contributed by atoms with van der Waals surface area (Å²) in [5.74, 6) is 0. The Hall–Kier alpha value is -4.76. The van der Waals surface area contributed by atoms with E-state index in [1.165, 1.54) is 73.7 Å². The van der Waals surface area contributed by atoms with Crippen LogP contribution < -0.4 is 0 Å². The molecular formula is C40H26S2. The molecule has 198 valence electrons. The molecule has 0 spiro atoms. The topological polar surface area (TPSA) is 0 Å². The summed E-state index contributed by atoms with van der Waals surface area (Å²) in [5.41, 5.74) is 2.44. The Balaban J connectivity index is 0.989. The van der Waals surface area contributed by atoms with Crippen LogP contribution in [0.2, 0.25) is 0 Å². The van der Waals surface area contributed by atoms with Gasteiger partial charge in [-0.2, -0.15) is 0 Å². The molecule has 0 unspecified atom stereocenters. The Kier molecular flexibility index (Phi) is 6.29. The smallest absolute Gasteiger partial charge is 0.0449 e. The molecule has 6 aromatic carbocycles. The van der Waals surface area contributed by atoms with Crippen molar-refractivity contribution in [3.8, 4) is 9.75 Å². The summed E-state index contributed by atoms with van der Waals surface area (Å²) in [5, 5.41) is 10.2. The molecule has 8 rings (SSSR count). The Morgan fingerprint density at radius 3 is 1.12 bits per heavy atom. The highest BCUT2D eigenvalue weighted by Gasteiger charge is 2.05. The van der Waals surface area contributed by atoms with E-state index in [0.717, 1.165) is 0 Å². The first-order chi connectivity index (χ1) is 20.7. The molecule has 0 atom stereocenters. The van der Waals surface area contributed by atoms with E-state index in [0.29, 0.717) is 0 Å². The molecule has 2 heteroatoms. The fraction of sp³-hybridized carbons (Fsp3) is 0. The fourth-order valence-electron chi connectivity index (χ4n) is 5.63. The van der Waals surface area contributed by atoms with Gasteiger partial charge < -0.3 is 0 Å². The van der Waals surface area contributed by atoms with E-state index in [1.807, 2.05) is 22.7 Å². The van der Waals surface area contributed by atoms with Gasteiger partial charge in [-0.25, -0.2) is 0 Å². The molecule has 0 bridgehead atoms. The zero-order valence-corrected chi connectivity index (χ0v) is 24.5. The standard InChI is InChI=1S/C40H26S2/c1-3-7-31-25-35-21-27(9-13-33(35)23-29(31)5-1)11-15-37-17-19-39(41-37)40-20-18-38(42-40)16-12-28-10-14-34-24-30-6-2-4-8-32(30)26-36(34)22-28/h1-26H/b15-11+,16-12+. The number of thiophene rings is 2. The first kappa shape index (κ1) is 25.0. The SMILES string of the molecule is C(=C\c1ccc(-c2ccc(/C=C/c3ccc4cc5ccccc5cc4c3)s2)s1)/c1ccc2cc3ccccc3cc2c1. The lowest BCUT2D eigenvalue weighted by atomic mass is 10.0. The number of benzene rings is 6. The second kappa shape index (κ2) is 10.6. The van der Waals surface area contributed by atoms with Crippen molar-refractivity contribution in [2.24, 2.45) is 0 Å². The van der Waals surface area contributed by atoms with E-state index in [4.69, 9.17) is 0 Å². The van der Waals surface area contributed by atoms with E-state index in [9.17, 15) is 0 Å². The molecule has 0 saturated heterocycles. The van der Waals surface area contributed by atoms with Crippen molar-refractivity contribution in [2.45, 2.75) is 0 Å². The molecule has 0 amide bonds. The van der Waals surface area contributed by atoms with Gasteiger partial charge in [-0.3, -0.25) is 0 Å². The molecule has 2 heterocycles. The summed E-state index contributed by atoms with van der Waals surface area (Å²) in [6.45, 7) is 0. The number of hydrogen-bond donors (Lipinski definition) is 0. The highest BCUT2D eigenvalue weighted by Crippen LogP contribution is 2.35. The highest BCUT2D eigenvalue weighted by atomic mass is 32.1. The van der Waals surface area contributed by atoms with Crippen LogP contribution in [-0.2, 0) is 0 Å². The molecular weight excluding hydrogens is 545 g/mol. The van der Waals surface area contributed by atoms with E-state index >= 15 is 0 Å². The van der Waals surface area contributed by atoms with Gasteiger partial charge >= 0.3 is 0 Å². The molecule has 0 aliphatic carbocycles. The molecule has 0 nitrogen and oxygen atoms in total. The minimum Gasteiger partial charge on any atom is -0.135 e. The minimum absolute atomic E-state index is 1.22. The van der Waals surface area contributed by atoms with Gasteiger partial charge in [-0.1, -0.05) is 84.9 Å². The predicted octanol–water partition coefficient (Wildman–Crippen LogP) is 12.4. The summed E-state index contributed by atoms with van der Waals surface area (Å²) in [7, 11) is 0. The molecule has 0 fully saturated rings. The van der Waals surface area contributed by atoms with Crippen LogP contribution in [0.1, 0.15) is 20.9 Å². The van der Waals surface area contributed by atoms with Gasteiger partial charge in [0.15, 0.2) is 0 Å². The number of hydrogen-bond acceptors (Lipinski definition) is 2. The van der Waals surface area contributed by atoms with Crippen LogP contribution in [0.4, 0.5) is 0 Å². The molecule has 0 aliphatic rings. The molecule has 0 N–H and O–H groups in total. The van der Waals surface area contributed by atoms with Crippen LogP contribution in [0.25, 0.3) is 77.1 Å². The van der Waals surface area contributed by atoms with Crippen LogP contribution in [0.5, 0.6) is 0 Å². The zero-order chi connectivity index (χ0) is 27.9. The summed E-state index contributed by atoms with van der Waals surface area (Å²) >= 11 is 3.68. The van der Waals surface area contributed by atoms with Crippen molar-refractivity contribution in [2.75, 3.05) is 0 Å². The van der Waals surface area contributed by atoms with Crippen LogP contribution in [0.3, 0.4) is 0 Å². The quantitative estimate of drug-likeness (QED) is 0.181. The lowest BCUT2D eigenvalue weighted by Gasteiger charge is -2.03. The molecule has 0 saturated carbocycles. The largest absolute Gasteiger partial charge is 0.135 e. The van der Waals surface area contributed by atoms with Crippen molar-refractivity contribution < 1.29 is 0 Å². The maximum atomic E-state index is 2.29. The third-order valence-electron chi connectivity index (χ3n) is 7.83. The Bertz CT molecular complexity index is 2140. The van der Waals surface area contributed by atoms with Gasteiger partial charge in [0.25, 0.3) is 0 Å². The van der Waals surface area contributed by atoms with Gasteiger partial charge in [-0.05, 0) is 127 Å². The molecule has 8 aromatic rings. The maximum absolute atomic E-state index is 2.29. The van der Waals surface area contributed by atoms with E-state index < -0.39 is 0 Å². The first-order valence-corrected chi connectivity index (χ1v) is 15.8. The first-order valence-electron chi connectivity index (χ1n) is 14.1. The zero-order valence-electron chi connectivity index (χ0n) is 22.8. The normalized spacial score (nSPS) is 12.1. The van der Waals surface area contributed by atoms with Gasteiger partial charge in [-0.15, -0.1) is 22.7 Å². The summed E-state index contributed by atoms with van der Waals surface area (Å²) in [6, 6.07) is 48.6. The minimum atomic E-state index is 1.22. The third kappa shape index (κ3) is 4.96. The Morgan fingerprint density at radius 2 is 0.690 bits per heavy atom. The average Bonchev–Trinajstić information content (AvgIpc) is 3.70. The monoisotopic (exact) mass is 570 g/mol. The lowest BCUT2D eigenvalue weighted by molar-refractivity contribution is 1.73. The number of rotatable bonds is 5. The second-order valence-corrected chi connectivity index (χ2v) is 12.9. The highest BCUT2D eigenvalue weighted by molar-refractivity contribution is 7.23. The van der Waals surface area contributed by atoms with Crippen LogP contribution in [-0.4, -0.2) is 0 Å². The molecule has 0 radical (unpaired) electrons. The Labute approximate surface area is 253 Å². The average molecular weight is 571 g/mol. The predicted molar refractivity (Wildman–Crippen MR) is 188 cm³/mol. The third-order valence-corrected chi connectivity index (χ3v) is 10.1. The van der Waals surface area contributed by atoms with Crippen molar-refractivity contribution in [3.05, 3.63) is 154 Å². The van der Waals surface area contributed by atoms with Crippen molar-refractivity contribution >= 4 is 90.1 Å². The van der Waals surface area contributed by atoms with Crippen LogP contribution in [0, 0.1) is 0 Å². The molecule has 0 aliphatic heterocycles. The fourth-order valence-corrected chi connectivity index (χ4v) is 7.54. The summed E-state index contributed by atoms with van der Waals surface area (Å²) < 4.78 is 0. The number of fused-ring (bicyclic) bond motifs is 4. The maximum Gasteiger partial charge on any atom is 0.0449 e. The van der Waals surface area contributed by atoms with Gasteiger partial charge in [0.1, 0.15) is 0 Å². The second-order valence-electron chi connectivity index (χ2n) is 10.7. The summed E-state index contributed by atoms with van der Waals surface area (Å²) in [4.78, 5) is 5.14. The van der Waals surface area contributed by atoms with Crippen molar-refractivity contribution in [3.63, 3.8) is 0 Å². The van der Waals surface area contributed by atoms with Crippen molar-refractivity contribution in [1.29, 1.82) is 0 Å². The van der Waals surface area contributed by atoms with Gasteiger partial charge in [0.2, 0.25) is 0 Å². The van der Waals surface area contributed by atoms with E-state index in [2.05, 4.69) is 158 Å². The lowest BCUT2D eigenvalue weighted by Crippen LogP contribution is -1.78. The van der Waals surface area contributed by atoms with Gasteiger partial charge in [0, 0.05) is 19.5 Å². The Morgan fingerprint density at radius 1 is 0.310 bits per heavy atom. The van der Waals surface area contributed by atoms with E-state index in [-0.39, 0.29) is 0 Å². The van der Waals surface area contributed by atoms with Gasteiger partial charge in [0.05, 0.1) is 0 Å². The van der Waals surface area contributed by atoms with Crippen LogP contribution in [0.15, 0.2) is 133 Å². The van der Waals surface area contributed by atoms with Crippen LogP contribution >= 0.6 is 22.7 Å². The molecule has 42 heavy (non-hydrogen) atoms. The van der Waals surface area contributed by atoms with Crippen molar-refractivity contribution in [1.82, 2.24) is 0 Å². The summed E-state index contributed by atoms with van der Waals surface area (Å²) in [6.07, 6.45) is 8.90. The molecule has 2 aromatic heterocycles.